The van der Waals surface area contributed by atoms with E-state index in [1.54, 1.807) is 29.7 Å². The molecule has 0 saturated heterocycles. The van der Waals surface area contributed by atoms with Gasteiger partial charge in [-0.05, 0) is 47.8 Å². The predicted octanol–water partition coefficient (Wildman–Crippen LogP) is 5.19. The van der Waals surface area contributed by atoms with Crippen molar-refractivity contribution in [2.24, 2.45) is 0 Å². The van der Waals surface area contributed by atoms with Gasteiger partial charge in [0, 0.05) is 27.4 Å². The molecule has 5 rings (SSSR count). The molecule has 3 aromatic heterocycles. The predicted molar refractivity (Wildman–Crippen MR) is 106 cm³/mol. The number of anilines is 4. The summed E-state index contributed by atoms with van der Waals surface area (Å²) in [5.74, 6) is 1.21. The molecule has 0 aliphatic carbocycles. The van der Waals surface area contributed by atoms with E-state index in [0.29, 0.717) is 23.0 Å². The molecule has 0 unspecified atom stereocenters. The van der Waals surface area contributed by atoms with Crippen molar-refractivity contribution >= 4 is 55.6 Å². The Kier molecular flexibility index (Phi) is 3.68. The average molecular weight is 376 g/mol. The van der Waals surface area contributed by atoms with Crippen LogP contribution >= 0.6 is 11.3 Å². The zero-order valence-corrected chi connectivity index (χ0v) is 14.7. The summed E-state index contributed by atoms with van der Waals surface area (Å²) in [4.78, 5) is 8.77. The Hall–Kier alpha value is -3.52. The molecule has 0 aliphatic rings. The van der Waals surface area contributed by atoms with Gasteiger partial charge in [-0.3, -0.25) is 5.10 Å². The third-order valence-electron chi connectivity index (χ3n) is 4.17. The quantitative estimate of drug-likeness (QED) is 0.402. The summed E-state index contributed by atoms with van der Waals surface area (Å²) in [6.45, 7) is 0. The second kappa shape index (κ2) is 6.33. The zero-order chi connectivity index (χ0) is 18.2. The van der Waals surface area contributed by atoms with E-state index in [1.807, 2.05) is 12.1 Å². The Labute approximate surface area is 157 Å². The van der Waals surface area contributed by atoms with Crippen LogP contribution in [0.3, 0.4) is 0 Å². The highest BCUT2D eigenvalue weighted by Crippen LogP contribution is 2.29. The summed E-state index contributed by atoms with van der Waals surface area (Å²) in [5, 5.41) is 17.3. The van der Waals surface area contributed by atoms with Crippen molar-refractivity contribution in [3.63, 3.8) is 0 Å². The number of H-pyrrole nitrogens is 1. The van der Waals surface area contributed by atoms with E-state index in [1.165, 1.54) is 16.8 Å². The maximum absolute atomic E-state index is 13.5. The Morgan fingerprint density at radius 2 is 1.96 bits per heavy atom. The topological polar surface area (TPSA) is 78.5 Å². The van der Waals surface area contributed by atoms with Gasteiger partial charge in [0.25, 0.3) is 0 Å². The van der Waals surface area contributed by atoms with E-state index in [-0.39, 0.29) is 5.82 Å². The lowest BCUT2D eigenvalue weighted by Crippen LogP contribution is -2.01. The molecule has 27 heavy (non-hydrogen) atoms. The standard InChI is InChI=1S/C19H13FN6S/c20-11-4-5-15-13(10-11)18(26-25-15)23-17-6-8-21-19(24-17)22-14-2-1-3-16-12(14)7-9-27-16/h1-10H,(H3,21,22,23,24,25,26). The van der Waals surface area contributed by atoms with Gasteiger partial charge in [0.1, 0.15) is 11.6 Å². The number of halogens is 1. The largest absolute Gasteiger partial charge is 0.324 e. The van der Waals surface area contributed by atoms with E-state index in [2.05, 4.69) is 48.3 Å². The molecule has 132 valence electrons. The van der Waals surface area contributed by atoms with Crippen molar-refractivity contribution in [3.8, 4) is 0 Å². The zero-order valence-electron chi connectivity index (χ0n) is 13.9. The van der Waals surface area contributed by atoms with Crippen molar-refractivity contribution in [2.45, 2.75) is 0 Å². The number of aromatic amines is 1. The molecule has 0 spiro atoms. The lowest BCUT2D eigenvalue weighted by atomic mass is 10.2. The van der Waals surface area contributed by atoms with Crippen molar-refractivity contribution in [1.82, 2.24) is 20.2 Å². The minimum absolute atomic E-state index is 0.319. The van der Waals surface area contributed by atoms with Crippen molar-refractivity contribution in [1.29, 1.82) is 0 Å². The van der Waals surface area contributed by atoms with Crippen LogP contribution in [0.25, 0.3) is 21.0 Å². The lowest BCUT2D eigenvalue weighted by molar-refractivity contribution is 0.630. The normalized spacial score (nSPS) is 11.1. The van der Waals surface area contributed by atoms with E-state index in [0.717, 1.165) is 16.6 Å². The van der Waals surface area contributed by atoms with Crippen LogP contribution in [0.5, 0.6) is 0 Å². The molecule has 8 heteroatoms. The molecule has 0 radical (unpaired) electrons. The molecular weight excluding hydrogens is 363 g/mol. The third kappa shape index (κ3) is 2.96. The third-order valence-corrected chi connectivity index (χ3v) is 5.05. The van der Waals surface area contributed by atoms with Crippen LogP contribution in [0.15, 0.2) is 60.1 Å². The Morgan fingerprint density at radius 3 is 2.93 bits per heavy atom. The Balaban J connectivity index is 1.45. The minimum atomic E-state index is -0.319. The molecular formula is C19H13FN6S. The van der Waals surface area contributed by atoms with Crippen LogP contribution < -0.4 is 10.6 Å². The molecule has 0 aliphatic heterocycles. The Morgan fingerprint density at radius 1 is 1.00 bits per heavy atom. The fraction of sp³-hybridized carbons (Fsp3) is 0. The first kappa shape index (κ1) is 15.7. The van der Waals surface area contributed by atoms with Crippen molar-refractivity contribution in [2.75, 3.05) is 10.6 Å². The van der Waals surface area contributed by atoms with Gasteiger partial charge in [-0.1, -0.05) is 6.07 Å². The number of nitrogens with one attached hydrogen (secondary N) is 3. The SMILES string of the molecule is Fc1ccc2[nH]nc(Nc3ccnc(Nc4cccc5sccc45)n3)c2c1. The molecule has 0 bridgehead atoms. The number of hydrogen-bond acceptors (Lipinski definition) is 6. The molecule has 6 nitrogen and oxygen atoms in total. The van der Waals surface area contributed by atoms with E-state index >= 15 is 0 Å². The number of aromatic nitrogens is 4. The van der Waals surface area contributed by atoms with E-state index in [9.17, 15) is 4.39 Å². The second-order valence-corrected chi connectivity index (χ2v) is 6.86. The van der Waals surface area contributed by atoms with Crippen molar-refractivity contribution in [3.05, 3.63) is 65.9 Å². The van der Waals surface area contributed by atoms with Gasteiger partial charge in [-0.25, -0.2) is 9.37 Å². The Bertz CT molecular complexity index is 1260. The van der Waals surface area contributed by atoms with E-state index < -0.39 is 0 Å². The summed E-state index contributed by atoms with van der Waals surface area (Å²) >= 11 is 1.68. The van der Waals surface area contributed by atoms with Gasteiger partial charge in [0.15, 0.2) is 5.82 Å². The number of hydrogen-bond donors (Lipinski definition) is 3. The summed E-state index contributed by atoms with van der Waals surface area (Å²) in [7, 11) is 0. The van der Waals surface area contributed by atoms with Crippen LogP contribution in [-0.2, 0) is 0 Å². The van der Waals surface area contributed by atoms with Crippen LogP contribution in [0.4, 0.5) is 27.7 Å². The van der Waals surface area contributed by atoms with Gasteiger partial charge in [0.05, 0.1) is 5.52 Å². The molecule has 3 N–H and O–H groups in total. The number of thiophene rings is 1. The number of nitrogens with zero attached hydrogens (tertiary/aromatic N) is 3. The number of rotatable bonds is 4. The van der Waals surface area contributed by atoms with Gasteiger partial charge in [0.2, 0.25) is 5.95 Å². The highest BCUT2D eigenvalue weighted by atomic mass is 32.1. The van der Waals surface area contributed by atoms with Crippen molar-refractivity contribution < 1.29 is 4.39 Å². The summed E-state index contributed by atoms with van der Waals surface area (Å²) in [6.07, 6.45) is 1.65. The van der Waals surface area contributed by atoms with Crippen LogP contribution in [0, 0.1) is 5.82 Å². The maximum atomic E-state index is 13.5. The average Bonchev–Trinajstić information content (AvgIpc) is 3.30. The number of benzene rings is 2. The van der Waals surface area contributed by atoms with Gasteiger partial charge in [-0.15, -0.1) is 11.3 Å². The molecule has 2 aromatic carbocycles. The fourth-order valence-corrected chi connectivity index (χ4v) is 3.73. The highest BCUT2D eigenvalue weighted by molar-refractivity contribution is 7.17. The summed E-state index contributed by atoms with van der Waals surface area (Å²) in [5.41, 5.74) is 1.69. The molecule has 0 saturated carbocycles. The molecule has 5 aromatic rings. The molecule has 3 heterocycles. The first-order valence-corrected chi connectivity index (χ1v) is 9.11. The second-order valence-electron chi connectivity index (χ2n) is 5.92. The van der Waals surface area contributed by atoms with Crippen LogP contribution in [-0.4, -0.2) is 20.2 Å². The lowest BCUT2D eigenvalue weighted by Gasteiger charge is -2.08. The molecule has 0 fully saturated rings. The van der Waals surface area contributed by atoms with Gasteiger partial charge >= 0.3 is 0 Å². The summed E-state index contributed by atoms with van der Waals surface area (Å²) < 4.78 is 14.7. The van der Waals surface area contributed by atoms with Gasteiger partial charge < -0.3 is 10.6 Å². The highest BCUT2D eigenvalue weighted by Gasteiger charge is 2.09. The smallest absolute Gasteiger partial charge is 0.229 e. The monoisotopic (exact) mass is 376 g/mol. The summed E-state index contributed by atoms with van der Waals surface area (Å²) in [6, 6.07) is 14.3. The maximum Gasteiger partial charge on any atom is 0.229 e. The first-order chi connectivity index (χ1) is 13.3. The molecule has 0 atom stereocenters. The van der Waals surface area contributed by atoms with Gasteiger partial charge in [-0.2, -0.15) is 10.1 Å². The van der Waals surface area contributed by atoms with Crippen LogP contribution in [0.2, 0.25) is 0 Å². The number of fused-ring (bicyclic) bond motifs is 2. The minimum Gasteiger partial charge on any atom is -0.324 e. The fourth-order valence-electron chi connectivity index (χ4n) is 2.91. The molecule has 0 amide bonds. The van der Waals surface area contributed by atoms with E-state index in [4.69, 9.17) is 0 Å². The van der Waals surface area contributed by atoms with Crippen LogP contribution in [0.1, 0.15) is 0 Å². The first-order valence-electron chi connectivity index (χ1n) is 8.23.